The minimum Gasteiger partial charge on any atom is -0.379 e. The summed E-state index contributed by atoms with van der Waals surface area (Å²) in [5, 5.41) is 6.80. The lowest BCUT2D eigenvalue weighted by Crippen LogP contribution is -2.37. The molecule has 1 aliphatic rings. The molecule has 0 aromatic carbocycles. The zero-order valence-corrected chi connectivity index (χ0v) is 16.2. The molecule has 0 saturated heterocycles. The number of rotatable bonds is 6. The van der Waals surface area contributed by atoms with Crippen molar-refractivity contribution in [1.82, 2.24) is 20.6 Å². The number of guanidine groups is 1. The molecule has 1 amide bonds. The third kappa shape index (κ3) is 5.45. The molecule has 0 saturated carbocycles. The second kappa shape index (κ2) is 10.2. The number of carbonyl (C=O) groups excluding carboxylic acids is 1. The lowest BCUT2D eigenvalue weighted by atomic mass is 10.2. The Morgan fingerprint density at radius 3 is 2.92 bits per heavy atom. The first-order valence-corrected chi connectivity index (χ1v) is 8.03. The van der Waals surface area contributed by atoms with Crippen LogP contribution in [0.5, 0.6) is 0 Å². The smallest absolute Gasteiger partial charge is 0.276 e. The lowest BCUT2D eigenvalue weighted by molar-refractivity contribution is -0.115. The number of hydrogen-bond acceptors (Lipinski definition) is 5. The SMILES string of the molecule is CC(C)OCCCNC1=N/C(=C\c2c[nH]c3ncccc23)C(=O)N1.Cl.Cl. The van der Waals surface area contributed by atoms with Gasteiger partial charge in [0.15, 0.2) is 0 Å². The van der Waals surface area contributed by atoms with Crippen molar-refractivity contribution < 1.29 is 9.53 Å². The first kappa shape index (κ1) is 22.0. The van der Waals surface area contributed by atoms with Crippen molar-refractivity contribution in [3.8, 4) is 0 Å². The zero-order chi connectivity index (χ0) is 16.9. The van der Waals surface area contributed by atoms with Crippen LogP contribution in [-0.2, 0) is 9.53 Å². The summed E-state index contributed by atoms with van der Waals surface area (Å²) in [6, 6.07) is 3.82. The summed E-state index contributed by atoms with van der Waals surface area (Å²) in [5.74, 6) is 0.267. The highest BCUT2D eigenvalue weighted by molar-refractivity contribution is 6.14. The molecule has 0 fully saturated rings. The number of aliphatic imine (C=N–C) groups is 1. The summed E-state index contributed by atoms with van der Waals surface area (Å²) in [7, 11) is 0. The minimum atomic E-state index is -0.214. The number of halogens is 2. The van der Waals surface area contributed by atoms with Gasteiger partial charge >= 0.3 is 0 Å². The van der Waals surface area contributed by atoms with Gasteiger partial charge in [0.25, 0.3) is 5.91 Å². The van der Waals surface area contributed by atoms with Crippen LogP contribution >= 0.6 is 24.8 Å². The number of amides is 1. The van der Waals surface area contributed by atoms with Crippen LogP contribution in [0.15, 0.2) is 35.2 Å². The van der Waals surface area contributed by atoms with Gasteiger partial charge in [-0.25, -0.2) is 9.98 Å². The second-order valence-electron chi connectivity index (χ2n) is 5.79. The van der Waals surface area contributed by atoms with E-state index in [1.165, 1.54) is 0 Å². The van der Waals surface area contributed by atoms with Crippen LogP contribution in [0.2, 0.25) is 0 Å². The van der Waals surface area contributed by atoms with Crippen molar-refractivity contribution in [3.05, 3.63) is 35.8 Å². The molecule has 26 heavy (non-hydrogen) atoms. The van der Waals surface area contributed by atoms with Crippen LogP contribution in [0.3, 0.4) is 0 Å². The molecule has 0 atom stereocenters. The maximum atomic E-state index is 12.0. The molecule has 2 aromatic heterocycles. The Bertz CT molecular complexity index is 801. The van der Waals surface area contributed by atoms with E-state index in [1.54, 1.807) is 12.3 Å². The van der Waals surface area contributed by atoms with Gasteiger partial charge in [0.05, 0.1) is 6.10 Å². The predicted molar refractivity (Wildman–Crippen MR) is 108 cm³/mol. The van der Waals surface area contributed by atoms with Crippen LogP contribution in [0.25, 0.3) is 17.1 Å². The third-order valence-corrected chi connectivity index (χ3v) is 3.54. The molecule has 0 spiro atoms. The normalized spacial score (nSPS) is 14.8. The Morgan fingerprint density at radius 1 is 1.35 bits per heavy atom. The van der Waals surface area contributed by atoms with Gasteiger partial charge < -0.3 is 15.0 Å². The number of ether oxygens (including phenoxy) is 1. The number of H-pyrrole nitrogens is 1. The van der Waals surface area contributed by atoms with E-state index in [-0.39, 0.29) is 36.8 Å². The molecule has 2 aromatic rings. The Balaban J connectivity index is 0.00000169. The maximum Gasteiger partial charge on any atom is 0.276 e. The number of fused-ring (bicyclic) bond motifs is 1. The average Bonchev–Trinajstić information content (AvgIpc) is 3.12. The molecule has 0 aliphatic carbocycles. The Hall–Kier alpha value is -2.09. The molecule has 0 bridgehead atoms. The molecular formula is C17H23Cl2N5O2. The van der Waals surface area contributed by atoms with E-state index in [0.717, 1.165) is 23.0 Å². The quantitative estimate of drug-likeness (QED) is 0.514. The molecule has 0 unspecified atom stereocenters. The van der Waals surface area contributed by atoms with Crippen molar-refractivity contribution in [2.24, 2.45) is 4.99 Å². The van der Waals surface area contributed by atoms with E-state index in [1.807, 2.05) is 32.2 Å². The zero-order valence-electron chi connectivity index (χ0n) is 14.6. The number of nitrogens with zero attached hydrogens (tertiary/aromatic N) is 2. The number of aromatic nitrogens is 2. The van der Waals surface area contributed by atoms with E-state index in [9.17, 15) is 4.79 Å². The minimum absolute atomic E-state index is 0. The van der Waals surface area contributed by atoms with Crippen molar-refractivity contribution in [1.29, 1.82) is 0 Å². The number of carbonyl (C=O) groups is 1. The van der Waals surface area contributed by atoms with Crippen LogP contribution in [-0.4, -0.2) is 41.1 Å². The lowest BCUT2D eigenvalue weighted by Gasteiger charge is -2.08. The monoisotopic (exact) mass is 399 g/mol. The van der Waals surface area contributed by atoms with E-state index in [0.29, 0.717) is 24.8 Å². The average molecular weight is 400 g/mol. The molecular weight excluding hydrogens is 377 g/mol. The molecule has 3 rings (SSSR count). The predicted octanol–water partition coefficient (Wildman–Crippen LogP) is 2.64. The summed E-state index contributed by atoms with van der Waals surface area (Å²) in [4.78, 5) is 23.7. The second-order valence-corrected chi connectivity index (χ2v) is 5.79. The summed E-state index contributed by atoms with van der Waals surface area (Å²) in [6.07, 6.45) is 6.38. The Labute approximate surface area is 164 Å². The van der Waals surface area contributed by atoms with Crippen LogP contribution in [0.1, 0.15) is 25.8 Å². The highest BCUT2D eigenvalue weighted by atomic mass is 35.5. The van der Waals surface area contributed by atoms with Gasteiger partial charge in [0.2, 0.25) is 5.96 Å². The van der Waals surface area contributed by atoms with Gasteiger partial charge in [-0.1, -0.05) is 0 Å². The number of hydrogen-bond donors (Lipinski definition) is 3. The highest BCUT2D eigenvalue weighted by Crippen LogP contribution is 2.20. The Morgan fingerprint density at radius 2 is 2.15 bits per heavy atom. The van der Waals surface area contributed by atoms with Gasteiger partial charge in [0, 0.05) is 36.5 Å². The Kier molecular flexibility index (Phi) is 8.57. The summed E-state index contributed by atoms with van der Waals surface area (Å²) < 4.78 is 5.47. The van der Waals surface area contributed by atoms with Gasteiger partial charge in [-0.15, -0.1) is 24.8 Å². The van der Waals surface area contributed by atoms with E-state index in [2.05, 4.69) is 25.6 Å². The standard InChI is InChI=1S/C17H21N5O2.2ClH/c1-11(2)24-8-4-7-19-17-21-14(16(23)22-17)9-12-10-20-15-13(12)5-3-6-18-15;;/h3,5-6,9-11H,4,7-8H2,1-2H3,(H,18,20)(H2,19,21,22,23);2*1H/b14-9-;;. The fourth-order valence-corrected chi connectivity index (χ4v) is 2.39. The molecule has 7 nitrogen and oxygen atoms in total. The first-order chi connectivity index (χ1) is 11.6. The fourth-order valence-electron chi connectivity index (χ4n) is 2.39. The van der Waals surface area contributed by atoms with E-state index in [4.69, 9.17) is 4.74 Å². The molecule has 1 aliphatic heterocycles. The third-order valence-electron chi connectivity index (χ3n) is 3.54. The molecule has 3 N–H and O–H groups in total. The van der Waals surface area contributed by atoms with E-state index >= 15 is 0 Å². The summed E-state index contributed by atoms with van der Waals surface area (Å²) >= 11 is 0. The van der Waals surface area contributed by atoms with E-state index < -0.39 is 0 Å². The van der Waals surface area contributed by atoms with Gasteiger partial charge in [-0.2, -0.15) is 0 Å². The van der Waals surface area contributed by atoms with Crippen molar-refractivity contribution in [2.45, 2.75) is 26.4 Å². The van der Waals surface area contributed by atoms with Gasteiger partial charge in [-0.05, 0) is 38.5 Å². The van der Waals surface area contributed by atoms with Gasteiger partial charge in [-0.3, -0.25) is 10.1 Å². The maximum absolute atomic E-state index is 12.0. The molecule has 0 radical (unpaired) electrons. The number of aromatic amines is 1. The number of pyridine rings is 1. The molecule has 9 heteroatoms. The number of nitrogens with one attached hydrogen (secondary N) is 3. The van der Waals surface area contributed by atoms with Crippen LogP contribution in [0.4, 0.5) is 0 Å². The van der Waals surface area contributed by atoms with Crippen molar-refractivity contribution in [2.75, 3.05) is 13.2 Å². The van der Waals surface area contributed by atoms with Crippen molar-refractivity contribution in [3.63, 3.8) is 0 Å². The van der Waals surface area contributed by atoms with Crippen LogP contribution in [0, 0.1) is 0 Å². The topological polar surface area (TPSA) is 91.4 Å². The molecule has 142 valence electrons. The first-order valence-electron chi connectivity index (χ1n) is 8.03. The summed E-state index contributed by atoms with van der Waals surface area (Å²) in [5.41, 5.74) is 2.05. The summed E-state index contributed by atoms with van der Waals surface area (Å²) in [6.45, 7) is 5.38. The van der Waals surface area contributed by atoms with Crippen LogP contribution < -0.4 is 10.6 Å². The highest BCUT2D eigenvalue weighted by Gasteiger charge is 2.20. The molecule has 3 heterocycles. The fraction of sp³-hybridized carbons (Fsp3) is 0.353. The largest absolute Gasteiger partial charge is 0.379 e. The van der Waals surface area contributed by atoms with Crippen molar-refractivity contribution >= 4 is 53.8 Å². The van der Waals surface area contributed by atoms with Gasteiger partial charge in [0.1, 0.15) is 11.3 Å².